The van der Waals surface area contributed by atoms with Gasteiger partial charge >= 0.3 is 0 Å². The van der Waals surface area contributed by atoms with Crippen molar-refractivity contribution in [3.8, 4) is 0 Å². The van der Waals surface area contributed by atoms with E-state index in [2.05, 4.69) is 23.4 Å². The van der Waals surface area contributed by atoms with E-state index in [0.717, 1.165) is 12.1 Å². The zero-order valence-electron chi connectivity index (χ0n) is 7.99. The van der Waals surface area contributed by atoms with E-state index in [4.69, 9.17) is 5.73 Å². The molecule has 0 saturated heterocycles. The fourth-order valence-corrected chi connectivity index (χ4v) is 1.23. The molecule has 0 aromatic carbocycles. The third kappa shape index (κ3) is 1.67. The van der Waals surface area contributed by atoms with Gasteiger partial charge in [0.1, 0.15) is 0 Å². The molecule has 1 rings (SSSR count). The van der Waals surface area contributed by atoms with Gasteiger partial charge in [-0.3, -0.25) is 0 Å². The molecule has 2 atom stereocenters. The van der Waals surface area contributed by atoms with Crippen molar-refractivity contribution in [3.63, 3.8) is 0 Å². The highest BCUT2D eigenvalue weighted by molar-refractivity contribution is 5.04. The summed E-state index contributed by atoms with van der Waals surface area (Å²) in [7, 11) is 0. The minimum atomic E-state index is 0.0708. The van der Waals surface area contributed by atoms with Crippen molar-refractivity contribution in [1.29, 1.82) is 0 Å². The molecule has 0 amide bonds. The van der Waals surface area contributed by atoms with Crippen LogP contribution in [0.4, 0.5) is 0 Å². The number of nitrogens with zero attached hydrogens (tertiary/aromatic N) is 2. The van der Waals surface area contributed by atoms with E-state index in [0.29, 0.717) is 6.04 Å². The first kappa shape index (κ1) is 9.26. The van der Waals surface area contributed by atoms with E-state index in [1.54, 1.807) is 0 Å². The van der Waals surface area contributed by atoms with Crippen molar-refractivity contribution in [1.82, 2.24) is 9.55 Å². The molecule has 0 spiro atoms. The Hall–Kier alpha value is -0.830. The Bertz CT molecular complexity index is 240. The highest BCUT2D eigenvalue weighted by Crippen LogP contribution is 2.16. The summed E-state index contributed by atoms with van der Waals surface area (Å²) >= 11 is 0. The van der Waals surface area contributed by atoms with Gasteiger partial charge in [0, 0.05) is 18.3 Å². The number of hydrogen-bond acceptors (Lipinski definition) is 2. The molecule has 0 aliphatic heterocycles. The van der Waals surface area contributed by atoms with Crippen LogP contribution in [-0.2, 0) is 0 Å². The summed E-state index contributed by atoms with van der Waals surface area (Å²) in [4.78, 5) is 4.10. The van der Waals surface area contributed by atoms with Gasteiger partial charge in [-0.1, -0.05) is 6.92 Å². The van der Waals surface area contributed by atoms with Crippen LogP contribution in [0, 0.1) is 0 Å². The number of hydrogen-bond donors (Lipinski definition) is 1. The van der Waals surface area contributed by atoms with E-state index < -0.39 is 0 Å². The minimum absolute atomic E-state index is 0.0708. The number of imidazole rings is 1. The van der Waals surface area contributed by atoms with Gasteiger partial charge in [0.05, 0.1) is 12.0 Å². The Morgan fingerprint density at radius 1 is 1.58 bits per heavy atom. The van der Waals surface area contributed by atoms with E-state index in [1.807, 2.05) is 19.4 Å². The van der Waals surface area contributed by atoms with Crippen LogP contribution in [0.2, 0.25) is 0 Å². The van der Waals surface area contributed by atoms with Crippen LogP contribution in [-0.4, -0.2) is 9.55 Å². The fraction of sp³-hybridized carbons (Fsp3) is 0.667. The molecule has 0 fully saturated rings. The Labute approximate surface area is 73.6 Å². The van der Waals surface area contributed by atoms with Gasteiger partial charge in [-0.2, -0.15) is 0 Å². The second-order valence-electron chi connectivity index (χ2n) is 3.27. The Balaban J connectivity index is 2.91. The average molecular weight is 167 g/mol. The van der Waals surface area contributed by atoms with Crippen LogP contribution >= 0.6 is 0 Å². The monoisotopic (exact) mass is 167 g/mol. The molecule has 0 radical (unpaired) electrons. The molecule has 3 nitrogen and oxygen atoms in total. The Morgan fingerprint density at radius 3 is 2.75 bits per heavy atom. The Morgan fingerprint density at radius 2 is 2.25 bits per heavy atom. The SMILES string of the molecule is CCC(C)n1cncc1C(C)N. The normalized spacial score (nSPS) is 16.0. The molecule has 0 saturated carbocycles. The maximum atomic E-state index is 5.79. The molecule has 0 aliphatic rings. The third-order valence-corrected chi connectivity index (χ3v) is 2.23. The largest absolute Gasteiger partial charge is 0.330 e. The van der Waals surface area contributed by atoms with Crippen molar-refractivity contribution in [2.24, 2.45) is 5.73 Å². The molecule has 12 heavy (non-hydrogen) atoms. The summed E-state index contributed by atoms with van der Waals surface area (Å²) in [5.74, 6) is 0. The summed E-state index contributed by atoms with van der Waals surface area (Å²) in [6.45, 7) is 6.32. The molecule has 68 valence electrons. The van der Waals surface area contributed by atoms with Gasteiger partial charge in [0.15, 0.2) is 0 Å². The van der Waals surface area contributed by atoms with Crippen molar-refractivity contribution in [2.75, 3.05) is 0 Å². The standard InChI is InChI=1S/C9H17N3/c1-4-7(2)12-6-11-5-9(12)8(3)10/h5-8H,4,10H2,1-3H3. The van der Waals surface area contributed by atoms with Gasteiger partial charge in [-0.05, 0) is 20.3 Å². The van der Waals surface area contributed by atoms with Gasteiger partial charge < -0.3 is 10.3 Å². The summed E-state index contributed by atoms with van der Waals surface area (Å²) in [6, 6.07) is 0.565. The molecule has 1 aromatic heterocycles. The lowest BCUT2D eigenvalue weighted by Crippen LogP contribution is -2.14. The van der Waals surface area contributed by atoms with E-state index in [1.165, 1.54) is 0 Å². The summed E-state index contributed by atoms with van der Waals surface area (Å²) < 4.78 is 2.14. The van der Waals surface area contributed by atoms with Crippen molar-refractivity contribution in [3.05, 3.63) is 18.2 Å². The second kappa shape index (κ2) is 3.72. The summed E-state index contributed by atoms with van der Waals surface area (Å²) in [6.07, 6.45) is 4.81. The molecule has 2 N–H and O–H groups in total. The van der Waals surface area contributed by atoms with Gasteiger partial charge in [-0.15, -0.1) is 0 Å². The molecular weight excluding hydrogens is 150 g/mol. The number of aromatic nitrogens is 2. The van der Waals surface area contributed by atoms with Gasteiger partial charge in [0.25, 0.3) is 0 Å². The van der Waals surface area contributed by atoms with Crippen LogP contribution in [0.25, 0.3) is 0 Å². The lowest BCUT2D eigenvalue weighted by molar-refractivity contribution is 0.499. The topological polar surface area (TPSA) is 43.8 Å². The first-order chi connectivity index (χ1) is 5.66. The molecule has 1 aromatic rings. The van der Waals surface area contributed by atoms with Crippen molar-refractivity contribution < 1.29 is 0 Å². The fourth-order valence-electron chi connectivity index (χ4n) is 1.23. The van der Waals surface area contributed by atoms with Crippen molar-refractivity contribution in [2.45, 2.75) is 39.3 Å². The van der Waals surface area contributed by atoms with Crippen LogP contribution in [0.1, 0.15) is 45.0 Å². The number of rotatable bonds is 3. The molecular formula is C9H17N3. The highest BCUT2D eigenvalue weighted by Gasteiger charge is 2.09. The van der Waals surface area contributed by atoms with Crippen LogP contribution in [0.5, 0.6) is 0 Å². The van der Waals surface area contributed by atoms with Crippen LogP contribution in [0.3, 0.4) is 0 Å². The van der Waals surface area contributed by atoms with Gasteiger partial charge in [0.2, 0.25) is 0 Å². The third-order valence-electron chi connectivity index (χ3n) is 2.23. The first-order valence-electron chi connectivity index (χ1n) is 4.44. The van der Waals surface area contributed by atoms with E-state index in [9.17, 15) is 0 Å². The van der Waals surface area contributed by atoms with Crippen LogP contribution in [0.15, 0.2) is 12.5 Å². The zero-order valence-corrected chi connectivity index (χ0v) is 7.99. The molecule has 1 heterocycles. The zero-order chi connectivity index (χ0) is 9.14. The minimum Gasteiger partial charge on any atom is -0.330 e. The lowest BCUT2D eigenvalue weighted by Gasteiger charge is -2.16. The lowest BCUT2D eigenvalue weighted by atomic mass is 10.2. The van der Waals surface area contributed by atoms with E-state index in [-0.39, 0.29) is 6.04 Å². The quantitative estimate of drug-likeness (QED) is 0.747. The van der Waals surface area contributed by atoms with Gasteiger partial charge in [-0.25, -0.2) is 4.98 Å². The molecule has 2 unspecified atom stereocenters. The highest BCUT2D eigenvalue weighted by atomic mass is 15.1. The molecule has 0 aliphatic carbocycles. The average Bonchev–Trinajstić information content (AvgIpc) is 2.50. The van der Waals surface area contributed by atoms with E-state index >= 15 is 0 Å². The Kier molecular flexibility index (Phi) is 2.87. The van der Waals surface area contributed by atoms with Crippen molar-refractivity contribution >= 4 is 0 Å². The predicted molar refractivity (Wildman–Crippen MR) is 49.8 cm³/mol. The summed E-state index contributed by atoms with van der Waals surface area (Å²) in [5.41, 5.74) is 6.91. The van der Waals surface area contributed by atoms with Crippen LogP contribution < -0.4 is 5.73 Å². The number of nitrogens with two attached hydrogens (primary N) is 1. The summed E-state index contributed by atoms with van der Waals surface area (Å²) in [5, 5.41) is 0. The maximum absolute atomic E-state index is 5.79. The smallest absolute Gasteiger partial charge is 0.0951 e. The molecule has 3 heteroatoms. The maximum Gasteiger partial charge on any atom is 0.0951 e. The second-order valence-corrected chi connectivity index (χ2v) is 3.27. The predicted octanol–water partition coefficient (Wildman–Crippen LogP) is 1.87. The molecule has 0 bridgehead atoms. The first-order valence-corrected chi connectivity index (χ1v) is 4.44.